The molecule has 6 nitrogen and oxygen atoms in total. The maximum Gasteiger partial charge on any atom is 0.277 e. The van der Waals surface area contributed by atoms with E-state index in [1.807, 2.05) is 46.6 Å². The topological polar surface area (TPSA) is 57.6 Å². The maximum atomic E-state index is 12.8. The predicted molar refractivity (Wildman–Crippen MR) is 89.3 cm³/mol. The number of hydrogen-bond acceptors (Lipinski definition) is 3. The van der Waals surface area contributed by atoms with Crippen molar-refractivity contribution in [3.05, 3.63) is 59.7 Å². The summed E-state index contributed by atoms with van der Waals surface area (Å²) in [7, 11) is 1.92. The zero-order valence-corrected chi connectivity index (χ0v) is 12.9. The molecule has 0 unspecified atom stereocenters. The normalized spacial score (nSPS) is 11.5. The van der Waals surface area contributed by atoms with Gasteiger partial charge in [0.1, 0.15) is 11.0 Å². The van der Waals surface area contributed by atoms with Crippen LogP contribution in [0.1, 0.15) is 6.42 Å². The molecule has 0 atom stereocenters. The number of para-hydroxylation sites is 1. The number of aromatic nitrogens is 5. The van der Waals surface area contributed by atoms with Gasteiger partial charge in [-0.2, -0.15) is 0 Å². The molecule has 0 saturated heterocycles. The maximum absolute atomic E-state index is 12.8. The molecule has 0 spiro atoms. The van der Waals surface area contributed by atoms with E-state index < -0.39 is 0 Å². The second-order valence-corrected chi connectivity index (χ2v) is 5.67. The summed E-state index contributed by atoms with van der Waals surface area (Å²) in [6.07, 6.45) is 7.98. The second kappa shape index (κ2) is 5.39. The smallest absolute Gasteiger partial charge is 0.277 e. The minimum absolute atomic E-state index is 0.0133. The molecule has 0 bridgehead atoms. The van der Waals surface area contributed by atoms with Crippen LogP contribution in [-0.2, 0) is 20.1 Å². The van der Waals surface area contributed by atoms with Crippen LogP contribution in [0, 0.1) is 0 Å². The van der Waals surface area contributed by atoms with Crippen LogP contribution in [0.2, 0.25) is 0 Å². The number of fused-ring (bicyclic) bond motifs is 3. The SMILES string of the molecule is Cn1c2ccccc2c2ncn(CCCn3ccnc3)c(=O)c21. The van der Waals surface area contributed by atoms with Crippen LogP contribution in [-0.4, -0.2) is 23.7 Å². The van der Waals surface area contributed by atoms with E-state index in [0.29, 0.717) is 12.1 Å². The van der Waals surface area contributed by atoms with Gasteiger partial charge in [0.2, 0.25) is 0 Å². The third-order valence-corrected chi connectivity index (χ3v) is 4.24. The average molecular weight is 307 g/mol. The summed E-state index contributed by atoms with van der Waals surface area (Å²) < 4.78 is 5.64. The number of benzene rings is 1. The van der Waals surface area contributed by atoms with Crippen LogP contribution >= 0.6 is 0 Å². The van der Waals surface area contributed by atoms with Crippen LogP contribution in [0.3, 0.4) is 0 Å². The summed E-state index contributed by atoms with van der Waals surface area (Å²) in [5, 5.41) is 1.02. The zero-order valence-electron chi connectivity index (χ0n) is 12.9. The third kappa shape index (κ3) is 2.23. The molecule has 0 aliphatic carbocycles. The Bertz CT molecular complexity index is 1030. The molecule has 3 aromatic heterocycles. The standard InChI is InChI=1S/C17H17N5O/c1-20-14-6-3-2-5-13(14)15-16(20)17(23)22(12-19-15)9-4-8-21-10-7-18-11-21/h2-3,5-7,10-12H,4,8-9H2,1H3. The van der Waals surface area contributed by atoms with Gasteiger partial charge in [0.25, 0.3) is 5.56 Å². The average Bonchev–Trinajstić information content (AvgIpc) is 3.18. The Kier molecular flexibility index (Phi) is 3.22. The van der Waals surface area contributed by atoms with Crippen molar-refractivity contribution in [2.24, 2.45) is 7.05 Å². The molecule has 0 aliphatic heterocycles. The van der Waals surface area contributed by atoms with Gasteiger partial charge in [-0.05, 0) is 12.5 Å². The molecular formula is C17H17N5O. The Morgan fingerprint density at radius 1 is 1.13 bits per heavy atom. The molecule has 0 saturated carbocycles. The van der Waals surface area contributed by atoms with Crippen LogP contribution in [0.4, 0.5) is 0 Å². The lowest BCUT2D eigenvalue weighted by molar-refractivity contribution is 0.549. The Balaban J connectivity index is 1.71. The molecule has 4 aromatic rings. The van der Waals surface area contributed by atoms with Crippen molar-refractivity contribution in [2.45, 2.75) is 19.5 Å². The highest BCUT2D eigenvalue weighted by Crippen LogP contribution is 2.23. The van der Waals surface area contributed by atoms with E-state index >= 15 is 0 Å². The van der Waals surface area contributed by atoms with Crippen molar-refractivity contribution < 1.29 is 0 Å². The monoisotopic (exact) mass is 307 g/mol. The second-order valence-electron chi connectivity index (χ2n) is 5.67. The highest BCUT2D eigenvalue weighted by molar-refractivity contribution is 6.05. The largest absolute Gasteiger partial charge is 0.338 e. The van der Waals surface area contributed by atoms with Gasteiger partial charge in [-0.3, -0.25) is 9.36 Å². The third-order valence-electron chi connectivity index (χ3n) is 4.24. The first kappa shape index (κ1) is 13.8. The fourth-order valence-electron chi connectivity index (χ4n) is 3.07. The lowest BCUT2D eigenvalue weighted by Crippen LogP contribution is -2.22. The number of imidazole rings is 1. The first-order valence-corrected chi connectivity index (χ1v) is 7.64. The first-order chi connectivity index (χ1) is 11.3. The van der Waals surface area contributed by atoms with Gasteiger partial charge in [0, 0.05) is 37.9 Å². The van der Waals surface area contributed by atoms with Crippen LogP contribution in [0.25, 0.3) is 21.9 Å². The Morgan fingerprint density at radius 2 is 2.00 bits per heavy atom. The molecule has 23 heavy (non-hydrogen) atoms. The molecule has 6 heteroatoms. The van der Waals surface area contributed by atoms with E-state index in [0.717, 1.165) is 29.4 Å². The fraction of sp³-hybridized carbons (Fsp3) is 0.235. The molecule has 0 N–H and O–H groups in total. The number of rotatable bonds is 4. The van der Waals surface area contributed by atoms with Gasteiger partial charge in [0.05, 0.1) is 18.2 Å². The highest BCUT2D eigenvalue weighted by atomic mass is 16.1. The van der Waals surface area contributed by atoms with Gasteiger partial charge in [-0.15, -0.1) is 0 Å². The van der Waals surface area contributed by atoms with Crippen molar-refractivity contribution in [1.29, 1.82) is 0 Å². The quantitative estimate of drug-likeness (QED) is 0.580. The molecule has 1 aromatic carbocycles. The summed E-state index contributed by atoms with van der Waals surface area (Å²) >= 11 is 0. The molecule has 4 rings (SSSR count). The minimum Gasteiger partial charge on any atom is -0.338 e. The summed E-state index contributed by atoms with van der Waals surface area (Å²) in [6.45, 7) is 1.47. The molecule has 0 amide bonds. The molecular weight excluding hydrogens is 290 g/mol. The van der Waals surface area contributed by atoms with E-state index in [2.05, 4.69) is 9.97 Å². The Morgan fingerprint density at radius 3 is 2.83 bits per heavy atom. The van der Waals surface area contributed by atoms with E-state index in [4.69, 9.17) is 0 Å². The van der Waals surface area contributed by atoms with E-state index in [1.165, 1.54) is 0 Å². The van der Waals surface area contributed by atoms with Crippen molar-refractivity contribution in [3.63, 3.8) is 0 Å². The predicted octanol–water partition coefficient (Wildman–Crippen LogP) is 2.17. The van der Waals surface area contributed by atoms with Gasteiger partial charge in [-0.1, -0.05) is 18.2 Å². The first-order valence-electron chi connectivity index (χ1n) is 7.64. The lowest BCUT2D eigenvalue weighted by Gasteiger charge is -2.06. The Hall–Kier alpha value is -2.89. The highest BCUT2D eigenvalue weighted by Gasteiger charge is 2.13. The summed E-state index contributed by atoms with van der Waals surface area (Å²) in [5.74, 6) is 0. The lowest BCUT2D eigenvalue weighted by atomic mass is 10.2. The van der Waals surface area contributed by atoms with Gasteiger partial charge >= 0.3 is 0 Å². The van der Waals surface area contributed by atoms with Crippen molar-refractivity contribution in [1.82, 2.24) is 23.7 Å². The summed E-state index contributed by atoms with van der Waals surface area (Å²) in [5.41, 5.74) is 2.48. The molecule has 116 valence electrons. The van der Waals surface area contributed by atoms with E-state index in [-0.39, 0.29) is 5.56 Å². The van der Waals surface area contributed by atoms with Crippen LogP contribution < -0.4 is 5.56 Å². The zero-order chi connectivity index (χ0) is 15.8. The van der Waals surface area contributed by atoms with Gasteiger partial charge in [-0.25, -0.2) is 9.97 Å². The molecule has 0 aliphatic rings. The summed E-state index contributed by atoms with van der Waals surface area (Å²) in [4.78, 5) is 21.3. The minimum atomic E-state index is 0.0133. The fourth-order valence-corrected chi connectivity index (χ4v) is 3.07. The molecule has 0 fully saturated rings. The number of hydrogen-bond donors (Lipinski definition) is 0. The van der Waals surface area contributed by atoms with E-state index in [9.17, 15) is 4.79 Å². The van der Waals surface area contributed by atoms with Crippen molar-refractivity contribution in [2.75, 3.05) is 0 Å². The summed E-state index contributed by atoms with van der Waals surface area (Å²) in [6, 6.07) is 7.97. The molecule has 3 heterocycles. The van der Waals surface area contributed by atoms with E-state index in [1.54, 1.807) is 23.4 Å². The van der Waals surface area contributed by atoms with Crippen LogP contribution in [0.5, 0.6) is 0 Å². The van der Waals surface area contributed by atoms with Crippen molar-refractivity contribution in [3.8, 4) is 0 Å². The number of aryl methyl sites for hydroxylation is 3. The molecule has 0 radical (unpaired) electrons. The Labute approximate surface area is 132 Å². The van der Waals surface area contributed by atoms with Gasteiger partial charge in [0.15, 0.2) is 0 Å². The van der Waals surface area contributed by atoms with Gasteiger partial charge < -0.3 is 9.13 Å². The van der Waals surface area contributed by atoms with Crippen molar-refractivity contribution >= 4 is 21.9 Å². The number of nitrogens with zero attached hydrogens (tertiary/aromatic N) is 5. The van der Waals surface area contributed by atoms with Crippen LogP contribution in [0.15, 0.2) is 54.1 Å².